The third-order valence-corrected chi connectivity index (χ3v) is 5.17. The molecule has 1 atom stereocenters. The van der Waals surface area contributed by atoms with Crippen LogP contribution in [0.3, 0.4) is 0 Å². The van der Waals surface area contributed by atoms with Gasteiger partial charge in [0.1, 0.15) is 0 Å². The molecule has 0 bridgehead atoms. The van der Waals surface area contributed by atoms with Crippen LogP contribution in [0.2, 0.25) is 0 Å². The maximum atomic E-state index is 12.6. The molecule has 1 unspecified atom stereocenters. The first kappa shape index (κ1) is 18.2. The Morgan fingerprint density at radius 2 is 1.83 bits per heavy atom. The molecule has 0 saturated carbocycles. The van der Waals surface area contributed by atoms with Crippen LogP contribution < -0.4 is 4.72 Å². The molecule has 2 rings (SSSR count). The summed E-state index contributed by atoms with van der Waals surface area (Å²) in [5, 5.41) is 8.90. The van der Waals surface area contributed by atoms with Crippen molar-refractivity contribution in [3.05, 3.63) is 65.7 Å². The molecular weight excluding hydrogens is 326 g/mol. The standard InChI is InChI=1S/C18H21NO4S/c1-14-6-5-9-17(12-14)24(22,23)19-16(10-11-18(20)21)13-15-7-3-2-4-8-15/h2-9,12,16,19H,10-11,13H2,1H3,(H,20,21). The molecule has 2 N–H and O–H groups in total. The summed E-state index contributed by atoms with van der Waals surface area (Å²) in [4.78, 5) is 11.0. The molecule has 2 aromatic rings. The largest absolute Gasteiger partial charge is 0.481 e. The summed E-state index contributed by atoms with van der Waals surface area (Å²) in [5.41, 5.74) is 1.81. The summed E-state index contributed by atoms with van der Waals surface area (Å²) in [6.07, 6.45) is 0.586. The van der Waals surface area contributed by atoms with Crippen molar-refractivity contribution in [2.45, 2.75) is 37.1 Å². The second kappa shape index (κ2) is 8.08. The number of benzene rings is 2. The molecular formula is C18H21NO4S. The fourth-order valence-electron chi connectivity index (χ4n) is 2.47. The number of rotatable bonds is 8. The number of nitrogens with one attached hydrogen (secondary N) is 1. The second-order valence-electron chi connectivity index (χ2n) is 5.76. The molecule has 0 saturated heterocycles. The van der Waals surface area contributed by atoms with Crippen LogP contribution in [0.25, 0.3) is 0 Å². The Labute approximate surface area is 142 Å². The lowest BCUT2D eigenvalue weighted by Gasteiger charge is -2.18. The fourth-order valence-corrected chi connectivity index (χ4v) is 3.84. The van der Waals surface area contributed by atoms with Crippen LogP contribution in [-0.2, 0) is 21.2 Å². The summed E-state index contributed by atoms with van der Waals surface area (Å²) in [7, 11) is -3.69. The van der Waals surface area contributed by atoms with Gasteiger partial charge in [0.05, 0.1) is 4.90 Å². The fraction of sp³-hybridized carbons (Fsp3) is 0.278. The van der Waals surface area contributed by atoms with E-state index in [1.54, 1.807) is 12.1 Å². The van der Waals surface area contributed by atoms with Crippen molar-refractivity contribution >= 4 is 16.0 Å². The lowest BCUT2D eigenvalue weighted by atomic mass is 10.0. The molecule has 0 aliphatic rings. The molecule has 2 aromatic carbocycles. The van der Waals surface area contributed by atoms with Crippen molar-refractivity contribution in [1.82, 2.24) is 4.72 Å². The van der Waals surface area contributed by atoms with E-state index in [-0.39, 0.29) is 17.7 Å². The highest BCUT2D eigenvalue weighted by atomic mass is 32.2. The zero-order valence-electron chi connectivity index (χ0n) is 13.5. The van der Waals surface area contributed by atoms with Crippen LogP contribution in [0.1, 0.15) is 24.0 Å². The van der Waals surface area contributed by atoms with Gasteiger partial charge >= 0.3 is 5.97 Å². The third kappa shape index (κ3) is 5.47. The molecule has 0 aromatic heterocycles. The Kier molecular flexibility index (Phi) is 6.11. The van der Waals surface area contributed by atoms with E-state index >= 15 is 0 Å². The van der Waals surface area contributed by atoms with Gasteiger partial charge in [-0.2, -0.15) is 0 Å². The molecule has 0 amide bonds. The van der Waals surface area contributed by atoms with Gasteiger partial charge in [0, 0.05) is 12.5 Å². The first-order valence-corrected chi connectivity index (χ1v) is 9.20. The summed E-state index contributed by atoms with van der Waals surface area (Å²) in [5.74, 6) is -0.942. The lowest BCUT2D eigenvalue weighted by molar-refractivity contribution is -0.137. The molecule has 0 aliphatic heterocycles. The Hall–Kier alpha value is -2.18. The summed E-state index contributed by atoms with van der Waals surface area (Å²) < 4.78 is 27.8. The summed E-state index contributed by atoms with van der Waals surface area (Å²) in [6, 6.07) is 15.6. The second-order valence-corrected chi connectivity index (χ2v) is 7.47. The zero-order valence-corrected chi connectivity index (χ0v) is 14.3. The van der Waals surface area contributed by atoms with Gasteiger partial charge in [0.25, 0.3) is 0 Å². The van der Waals surface area contributed by atoms with E-state index in [4.69, 9.17) is 5.11 Å². The Bertz CT molecular complexity index is 788. The average molecular weight is 347 g/mol. The SMILES string of the molecule is Cc1cccc(S(=O)(=O)NC(CCC(=O)O)Cc2ccccc2)c1. The molecule has 0 heterocycles. The quantitative estimate of drug-likeness (QED) is 0.769. The molecule has 128 valence electrons. The monoisotopic (exact) mass is 347 g/mol. The number of hydrogen-bond acceptors (Lipinski definition) is 3. The number of hydrogen-bond donors (Lipinski definition) is 2. The van der Waals surface area contributed by atoms with E-state index < -0.39 is 22.0 Å². The van der Waals surface area contributed by atoms with Crippen LogP contribution in [0.15, 0.2) is 59.5 Å². The highest BCUT2D eigenvalue weighted by Gasteiger charge is 2.21. The van der Waals surface area contributed by atoms with Crippen LogP contribution in [0, 0.1) is 6.92 Å². The molecule has 5 nitrogen and oxygen atoms in total. The molecule has 6 heteroatoms. The van der Waals surface area contributed by atoms with Gasteiger partial charge in [-0.3, -0.25) is 4.79 Å². The van der Waals surface area contributed by atoms with Crippen LogP contribution >= 0.6 is 0 Å². The minimum atomic E-state index is -3.69. The Morgan fingerprint density at radius 1 is 1.12 bits per heavy atom. The van der Waals surface area contributed by atoms with Gasteiger partial charge in [-0.1, -0.05) is 42.5 Å². The van der Waals surface area contributed by atoms with Crippen molar-refractivity contribution in [2.75, 3.05) is 0 Å². The van der Waals surface area contributed by atoms with Gasteiger partial charge in [0.15, 0.2) is 0 Å². The van der Waals surface area contributed by atoms with E-state index in [0.717, 1.165) is 11.1 Å². The Balaban J connectivity index is 2.18. The number of aliphatic carboxylic acids is 1. The van der Waals surface area contributed by atoms with Crippen LogP contribution in [0.5, 0.6) is 0 Å². The van der Waals surface area contributed by atoms with Gasteiger partial charge in [-0.25, -0.2) is 13.1 Å². The lowest BCUT2D eigenvalue weighted by Crippen LogP contribution is -2.36. The maximum Gasteiger partial charge on any atom is 0.303 e. The number of sulfonamides is 1. The molecule has 0 fully saturated rings. The highest BCUT2D eigenvalue weighted by Crippen LogP contribution is 2.15. The normalized spacial score (nSPS) is 12.7. The van der Waals surface area contributed by atoms with Gasteiger partial charge in [-0.05, 0) is 43.0 Å². The van der Waals surface area contributed by atoms with Crippen molar-refractivity contribution in [2.24, 2.45) is 0 Å². The third-order valence-electron chi connectivity index (χ3n) is 3.65. The van der Waals surface area contributed by atoms with E-state index in [1.165, 1.54) is 6.07 Å². The van der Waals surface area contributed by atoms with Gasteiger partial charge in [-0.15, -0.1) is 0 Å². The van der Waals surface area contributed by atoms with E-state index in [9.17, 15) is 13.2 Å². The van der Waals surface area contributed by atoms with E-state index in [2.05, 4.69) is 4.72 Å². The predicted molar refractivity (Wildman–Crippen MR) is 92.3 cm³/mol. The van der Waals surface area contributed by atoms with Crippen LogP contribution in [-0.4, -0.2) is 25.5 Å². The van der Waals surface area contributed by atoms with Crippen molar-refractivity contribution in [1.29, 1.82) is 0 Å². The van der Waals surface area contributed by atoms with Crippen LogP contribution in [0.4, 0.5) is 0 Å². The maximum absolute atomic E-state index is 12.6. The summed E-state index contributed by atoms with van der Waals surface area (Å²) in [6.45, 7) is 1.82. The topological polar surface area (TPSA) is 83.5 Å². The average Bonchev–Trinajstić information content (AvgIpc) is 2.53. The predicted octanol–water partition coefficient (Wildman–Crippen LogP) is 2.75. The van der Waals surface area contributed by atoms with Crippen molar-refractivity contribution in [3.63, 3.8) is 0 Å². The number of carboxylic acids is 1. The minimum Gasteiger partial charge on any atom is -0.481 e. The smallest absolute Gasteiger partial charge is 0.303 e. The zero-order chi connectivity index (χ0) is 17.6. The van der Waals surface area contributed by atoms with Gasteiger partial charge in [0.2, 0.25) is 10.0 Å². The Morgan fingerprint density at radius 3 is 2.46 bits per heavy atom. The van der Waals surface area contributed by atoms with Crippen molar-refractivity contribution in [3.8, 4) is 0 Å². The first-order valence-electron chi connectivity index (χ1n) is 7.71. The number of carbonyl (C=O) groups is 1. The summed E-state index contributed by atoms with van der Waals surface area (Å²) >= 11 is 0. The molecule has 24 heavy (non-hydrogen) atoms. The molecule has 0 aliphatic carbocycles. The first-order chi connectivity index (χ1) is 11.4. The van der Waals surface area contributed by atoms with Crippen molar-refractivity contribution < 1.29 is 18.3 Å². The molecule has 0 radical (unpaired) electrons. The van der Waals surface area contributed by atoms with E-state index in [1.807, 2.05) is 43.3 Å². The van der Waals surface area contributed by atoms with Gasteiger partial charge < -0.3 is 5.11 Å². The molecule has 0 spiro atoms. The number of aryl methyl sites for hydroxylation is 1. The number of carboxylic acid groups (broad SMARTS) is 1. The highest BCUT2D eigenvalue weighted by molar-refractivity contribution is 7.89. The van der Waals surface area contributed by atoms with E-state index in [0.29, 0.717) is 6.42 Å². The minimum absolute atomic E-state index is 0.0894.